The van der Waals surface area contributed by atoms with Crippen LogP contribution in [0.2, 0.25) is 10.0 Å². The molecule has 8 heteroatoms. The van der Waals surface area contributed by atoms with Crippen LogP contribution >= 0.6 is 23.2 Å². The molecule has 1 fully saturated rings. The molecular formula is C16H15Cl2F2N3O. The summed E-state index contributed by atoms with van der Waals surface area (Å²) in [6.07, 6.45) is -1.04. The minimum absolute atomic E-state index is 0.0285. The molecule has 128 valence electrons. The molecule has 1 aliphatic rings. The van der Waals surface area contributed by atoms with Gasteiger partial charge in [-0.05, 0) is 37.5 Å². The van der Waals surface area contributed by atoms with Gasteiger partial charge in [0.1, 0.15) is 12.2 Å². The lowest BCUT2D eigenvalue weighted by Crippen LogP contribution is -2.21. The monoisotopic (exact) mass is 373 g/mol. The van der Waals surface area contributed by atoms with E-state index in [1.165, 1.54) is 4.68 Å². The van der Waals surface area contributed by atoms with E-state index in [-0.39, 0.29) is 23.4 Å². The minimum Gasteiger partial charge on any atom is -0.324 e. The Labute approximate surface area is 147 Å². The number of rotatable bonds is 5. The van der Waals surface area contributed by atoms with Crippen LogP contribution in [0, 0.1) is 6.92 Å². The first-order chi connectivity index (χ1) is 11.4. The van der Waals surface area contributed by atoms with Gasteiger partial charge in [-0.15, -0.1) is 0 Å². The third-order valence-electron chi connectivity index (χ3n) is 3.89. The smallest absolute Gasteiger partial charge is 0.283 e. The zero-order valence-corrected chi connectivity index (χ0v) is 14.3. The van der Waals surface area contributed by atoms with Gasteiger partial charge in [0.05, 0.1) is 10.7 Å². The number of carbonyl (C=O) groups excluding carboxylic acids is 1. The molecule has 1 aromatic carbocycles. The van der Waals surface area contributed by atoms with Crippen molar-refractivity contribution in [3.63, 3.8) is 0 Å². The molecule has 0 atom stereocenters. The number of alkyl halides is 2. The maximum absolute atomic E-state index is 13.0. The fourth-order valence-corrected chi connectivity index (χ4v) is 3.08. The van der Waals surface area contributed by atoms with Gasteiger partial charge in [0.25, 0.3) is 6.43 Å². The SMILES string of the molecule is Cc1ccc(Cl)cc1NC(=O)Cn1nc(C(F)F)c(Cl)c1C1CC1. The molecule has 24 heavy (non-hydrogen) atoms. The summed E-state index contributed by atoms with van der Waals surface area (Å²) in [5.74, 6) is -0.277. The van der Waals surface area contributed by atoms with Crippen LogP contribution in [0.25, 0.3) is 0 Å². The van der Waals surface area contributed by atoms with Crippen molar-refractivity contribution in [3.05, 3.63) is 45.2 Å². The first kappa shape index (κ1) is 17.2. The van der Waals surface area contributed by atoms with E-state index in [1.807, 2.05) is 6.92 Å². The zero-order chi connectivity index (χ0) is 17.4. The summed E-state index contributed by atoms with van der Waals surface area (Å²) in [5, 5.41) is 7.04. The highest BCUT2D eigenvalue weighted by molar-refractivity contribution is 6.32. The summed E-state index contributed by atoms with van der Waals surface area (Å²) >= 11 is 12.0. The van der Waals surface area contributed by atoms with Gasteiger partial charge in [-0.3, -0.25) is 9.48 Å². The Morgan fingerprint density at radius 2 is 2.12 bits per heavy atom. The average molecular weight is 374 g/mol. The molecule has 0 radical (unpaired) electrons. The lowest BCUT2D eigenvalue weighted by molar-refractivity contribution is -0.117. The Hall–Kier alpha value is -1.66. The summed E-state index contributed by atoms with van der Waals surface area (Å²) in [6, 6.07) is 5.14. The molecule has 4 nitrogen and oxygen atoms in total. The number of halogens is 4. The molecule has 1 amide bonds. The van der Waals surface area contributed by atoms with Crippen molar-refractivity contribution in [2.75, 3.05) is 5.32 Å². The summed E-state index contributed by atoms with van der Waals surface area (Å²) < 4.78 is 27.3. The van der Waals surface area contributed by atoms with Crippen molar-refractivity contribution in [1.29, 1.82) is 0 Å². The minimum atomic E-state index is -2.77. The highest BCUT2D eigenvalue weighted by Gasteiger charge is 2.34. The lowest BCUT2D eigenvalue weighted by Gasteiger charge is -2.10. The Morgan fingerprint density at radius 1 is 1.42 bits per heavy atom. The fraction of sp³-hybridized carbons (Fsp3) is 0.375. The van der Waals surface area contributed by atoms with Crippen LogP contribution in [0.1, 0.15) is 42.1 Å². The van der Waals surface area contributed by atoms with Gasteiger partial charge in [-0.1, -0.05) is 29.3 Å². The number of nitrogens with zero attached hydrogens (tertiary/aromatic N) is 2. The number of aromatic nitrogens is 2. The van der Waals surface area contributed by atoms with E-state index in [2.05, 4.69) is 10.4 Å². The average Bonchev–Trinajstić information content (AvgIpc) is 3.27. The van der Waals surface area contributed by atoms with Crippen LogP contribution < -0.4 is 5.32 Å². The Bertz CT molecular complexity index is 788. The number of benzene rings is 1. The van der Waals surface area contributed by atoms with Gasteiger partial charge in [0.15, 0.2) is 0 Å². The van der Waals surface area contributed by atoms with E-state index in [0.717, 1.165) is 18.4 Å². The maximum atomic E-state index is 13.0. The van der Waals surface area contributed by atoms with Gasteiger partial charge in [-0.25, -0.2) is 8.78 Å². The highest BCUT2D eigenvalue weighted by atomic mass is 35.5. The van der Waals surface area contributed by atoms with Crippen LogP contribution in [-0.2, 0) is 11.3 Å². The molecule has 0 aliphatic heterocycles. The van der Waals surface area contributed by atoms with Crippen LogP contribution in [-0.4, -0.2) is 15.7 Å². The molecule has 2 aromatic rings. The van der Waals surface area contributed by atoms with Crippen LogP contribution in [0.3, 0.4) is 0 Å². The number of hydrogen-bond donors (Lipinski definition) is 1. The first-order valence-electron chi connectivity index (χ1n) is 7.47. The fourth-order valence-electron chi connectivity index (χ4n) is 2.53. The van der Waals surface area contributed by atoms with Crippen LogP contribution in [0.4, 0.5) is 14.5 Å². The van der Waals surface area contributed by atoms with Crippen molar-refractivity contribution in [1.82, 2.24) is 9.78 Å². The molecule has 1 saturated carbocycles. The molecule has 1 N–H and O–H groups in total. The molecule has 0 saturated heterocycles. The lowest BCUT2D eigenvalue weighted by atomic mass is 10.2. The Morgan fingerprint density at radius 3 is 2.75 bits per heavy atom. The number of anilines is 1. The predicted molar refractivity (Wildman–Crippen MR) is 89.0 cm³/mol. The molecule has 0 unspecified atom stereocenters. The zero-order valence-electron chi connectivity index (χ0n) is 12.8. The molecule has 0 bridgehead atoms. The standard InChI is InChI=1S/C16H15Cl2F2N3O/c1-8-2-5-10(17)6-11(8)21-12(24)7-23-15(9-3-4-9)13(18)14(22-23)16(19)20/h2,5-6,9,16H,3-4,7H2,1H3,(H,21,24). The second-order valence-corrected chi connectivity index (χ2v) is 6.64. The summed E-state index contributed by atoms with van der Waals surface area (Å²) in [6.45, 7) is 1.66. The van der Waals surface area contributed by atoms with Crippen molar-refractivity contribution in [3.8, 4) is 0 Å². The quantitative estimate of drug-likeness (QED) is 0.805. The largest absolute Gasteiger partial charge is 0.324 e. The molecule has 1 heterocycles. The first-order valence-corrected chi connectivity index (χ1v) is 8.22. The number of hydrogen-bond acceptors (Lipinski definition) is 2. The maximum Gasteiger partial charge on any atom is 0.283 e. The molecule has 1 aromatic heterocycles. The Balaban J connectivity index is 1.81. The number of carbonyl (C=O) groups is 1. The van der Waals surface area contributed by atoms with Gasteiger partial charge >= 0.3 is 0 Å². The third kappa shape index (κ3) is 3.54. The van der Waals surface area contributed by atoms with Gasteiger partial charge in [0.2, 0.25) is 5.91 Å². The number of nitrogens with one attached hydrogen (secondary N) is 1. The van der Waals surface area contributed by atoms with E-state index in [4.69, 9.17) is 23.2 Å². The predicted octanol–water partition coefficient (Wildman–Crippen LogP) is 4.95. The van der Waals surface area contributed by atoms with E-state index in [0.29, 0.717) is 16.4 Å². The molecular weight excluding hydrogens is 359 g/mol. The second-order valence-electron chi connectivity index (χ2n) is 5.82. The normalized spacial score (nSPS) is 14.2. The topological polar surface area (TPSA) is 46.9 Å². The van der Waals surface area contributed by atoms with E-state index in [1.54, 1.807) is 18.2 Å². The van der Waals surface area contributed by atoms with E-state index in [9.17, 15) is 13.6 Å². The van der Waals surface area contributed by atoms with Crippen molar-refractivity contribution in [2.45, 2.75) is 38.7 Å². The molecule has 1 aliphatic carbocycles. The molecule has 3 rings (SSSR count). The van der Waals surface area contributed by atoms with Gasteiger partial charge in [-0.2, -0.15) is 5.10 Å². The van der Waals surface area contributed by atoms with Crippen LogP contribution in [0.5, 0.6) is 0 Å². The number of aryl methyl sites for hydroxylation is 1. The summed E-state index contributed by atoms with van der Waals surface area (Å²) in [5.41, 5.74) is 1.48. The van der Waals surface area contributed by atoms with Crippen LogP contribution in [0.15, 0.2) is 18.2 Å². The van der Waals surface area contributed by atoms with E-state index < -0.39 is 12.1 Å². The van der Waals surface area contributed by atoms with E-state index >= 15 is 0 Å². The van der Waals surface area contributed by atoms with Gasteiger partial charge < -0.3 is 5.32 Å². The molecule has 0 spiro atoms. The van der Waals surface area contributed by atoms with Crippen molar-refractivity contribution < 1.29 is 13.6 Å². The van der Waals surface area contributed by atoms with Gasteiger partial charge in [0, 0.05) is 16.6 Å². The third-order valence-corrected chi connectivity index (χ3v) is 4.52. The van der Waals surface area contributed by atoms with Crippen molar-refractivity contribution in [2.24, 2.45) is 0 Å². The highest BCUT2D eigenvalue weighted by Crippen LogP contribution is 2.45. The number of amides is 1. The summed E-state index contributed by atoms with van der Waals surface area (Å²) in [4.78, 5) is 12.3. The Kier molecular flexibility index (Phi) is 4.78. The van der Waals surface area contributed by atoms with Crippen molar-refractivity contribution >= 4 is 34.8 Å². The summed E-state index contributed by atoms with van der Waals surface area (Å²) in [7, 11) is 0. The second kappa shape index (κ2) is 6.69.